The van der Waals surface area contributed by atoms with Gasteiger partial charge in [-0.3, -0.25) is 4.55 Å². The zero-order valence-corrected chi connectivity index (χ0v) is 13.4. The molecule has 2 atom stereocenters. The van der Waals surface area contributed by atoms with Gasteiger partial charge in [-0.05, 0) is 41.7 Å². The third-order valence-electron chi connectivity index (χ3n) is 4.80. The second-order valence-electron chi connectivity index (χ2n) is 6.47. The lowest BCUT2D eigenvalue weighted by Gasteiger charge is -2.47. The molecule has 0 saturated carbocycles. The lowest BCUT2D eigenvalue weighted by atomic mass is 9.65. The van der Waals surface area contributed by atoms with Crippen molar-refractivity contribution in [2.24, 2.45) is 17.8 Å². The Labute approximate surface area is 122 Å². The van der Waals surface area contributed by atoms with Gasteiger partial charge in [0.2, 0.25) is 0 Å². The molecule has 4 heteroatoms. The lowest BCUT2D eigenvalue weighted by Crippen LogP contribution is -2.51. The molecule has 0 bridgehead atoms. The highest BCUT2D eigenvalue weighted by molar-refractivity contribution is 7.86. The first-order valence-electron chi connectivity index (χ1n) is 7.28. The van der Waals surface area contributed by atoms with Gasteiger partial charge in [-0.25, -0.2) is 0 Å². The number of hydrogen-bond acceptors (Lipinski definition) is 2. The van der Waals surface area contributed by atoms with E-state index in [0.717, 1.165) is 24.0 Å². The Kier molecular flexibility index (Phi) is 4.00. The second kappa shape index (κ2) is 5.15. The van der Waals surface area contributed by atoms with Gasteiger partial charge in [0.15, 0.2) is 0 Å². The van der Waals surface area contributed by atoms with E-state index in [1.54, 1.807) is 0 Å². The molecular formula is C16H24O3S. The van der Waals surface area contributed by atoms with Crippen LogP contribution in [0.15, 0.2) is 24.3 Å². The molecule has 0 spiro atoms. The summed E-state index contributed by atoms with van der Waals surface area (Å²) in [7, 11) is -4.19. The fourth-order valence-corrected chi connectivity index (χ4v) is 5.89. The minimum Gasteiger partial charge on any atom is -0.285 e. The van der Waals surface area contributed by atoms with Gasteiger partial charge in [0.05, 0.1) is 0 Å². The summed E-state index contributed by atoms with van der Waals surface area (Å²) < 4.78 is 33.7. The minimum atomic E-state index is -4.19. The smallest absolute Gasteiger partial charge is 0.275 e. The third kappa shape index (κ3) is 2.09. The monoisotopic (exact) mass is 296 g/mol. The molecule has 0 radical (unpaired) electrons. The summed E-state index contributed by atoms with van der Waals surface area (Å²) in [6.07, 6.45) is 1.68. The Morgan fingerprint density at radius 3 is 2.30 bits per heavy atom. The van der Waals surface area contributed by atoms with E-state index >= 15 is 0 Å². The highest BCUT2D eigenvalue weighted by atomic mass is 32.2. The molecule has 1 aliphatic rings. The van der Waals surface area contributed by atoms with Gasteiger partial charge < -0.3 is 0 Å². The summed E-state index contributed by atoms with van der Waals surface area (Å²) in [6, 6.07) is 7.65. The Balaban J connectivity index is 2.82. The Morgan fingerprint density at radius 2 is 1.80 bits per heavy atom. The van der Waals surface area contributed by atoms with Crippen LogP contribution in [0.3, 0.4) is 0 Å². The molecule has 1 N–H and O–H groups in total. The average molecular weight is 296 g/mol. The van der Waals surface area contributed by atoms with Crippen LogP contribution in [-0.2, 0) is 21.3 Å². The van der Waals surface area contributed by atoms with E-state index in [2.05, 4.69) is 0 Å². The van der Waals surface area contributed by atoms with Crippen LogP contribution in [0.2, 0.25) is 0 Å². The van der Waals surface area contributed by atoms with Crippen LogP contribution in [0.5, 0.6) is 0 Å². The van der Waals surface area contributed by atoms with E-state index in [0.29, 0.717) is 0 Å². The van der Waals surface area contributed by atoms with E-state index < -0.39 is 14.9 Å². The van der Waals surface area contributed by atoms with Crippen molar-refractivity contribution in [3.8, 4) is 0 Å². The van der Waals surface area contributed by atoms with E-state index in [-0.39, 0.29) is 17.8 Å². The topological polar surface area (TPSA) is 54.4 Å². The Morgan fingerprint density at radius 1 is 1.20 bits per heavy atom. The number of aryl methyl sites for hydroxylation is 1. The summed E-state index contributed by atoms with van der Waals surface area (Å²) in [5, 5.41) is 0. The van der Waals surface area contributed by atoms with Gasteiger partial charge in [-0.15, -0.1) is 0 Å². The average Bonchev–Trinajstić information content (AvgIpc) is 2.35. The molecule has 0 saturated heterocycles. The fourth-order valence-electron chi connectivity index (χ4n) is 4.04. The van der Waals surface area contributed by atoms with Crippen molar-refractivity contribution >= 4 is 10.1 Å². The summed E-state index contributed by atoms with van der Waals surface area (Å²) in [4.78, 5) is 0. The first kappa shape index (κ1) is 15.5. The first-order valence-corrected chi connectivity index (χ1v) is 8.72. The number of fused-ring (bicyclic) bond motifs is 1. The quantitative estimate of drug-likeness (QED) is 0.866. The summed E-state index contributed by atoms with van der Waals surface area (Å²) in [6.45, 7) is 7.87. The SMILES string of the molecule is CC(C)C1CCc2ccccc2C1(C(C)C)S(=O)(=O)O. The molecule has 1 aliphatic carbocycles. The normalized spacial score (nSPS) is 26.9. The van der Waals surface area contributed by atoms with Gasteiger partial charge in [-0.2, -0.15) is 8.42 Å². The van der Waals surface area contributed by atoms with Gasteiger partial charge in [-0.1, -0.05) is 52.0 Å². The maximum atomic E-state index is 12.4. The van der Waals surface area contributed by atoms with Crippen molar-refractivity contribution < 1.29 is 13.0 Å². The van der Waals surface area contributed by atoms with Crippen molar-refractivity contribution in [2.45, 2.75) is 45.3 Å². The van der Waals surface area contributed by atoms with Crippen molar-refractivity contribution in [3.63, 3.8) is 0 Å². The summed E-state index contributed by atoms with van der Waals surface area (Å²) >= 11 is 0. The maximum absolute atomic E-state index is 12.4. The van der Waals surface area contributed by atoms with Crippen LogP contribution in [-0.4, -0.2) is 13.0 Å². The van der Waals surface area contributed by atoms with Gasteiger partial charge in [0.1, 0.15) is 4.75 Å². The Bertz CT molecular complexity index is 589. The first-order chi connectivity index (χ1) is 9.23. The highest BCUT2D eigenvalue weighted by Gasteiger charge is 2.56. The van der Waals surface area contributed by atoms with Crippen LogP contribution < -0.4 is 0 Å². The molecule has 0 aliphatic heterocycles. The third-order valence-corrected chi connectivity index (χ3v) is 6.65. The van der Waals surface area contributed by atoms with E-state index in [1.807, 2.05) is 52.0 Å². The standard InChI is InChI=1S/C16H24O3S/c1-11(2)14-10-9-13-7-5-6-8-15(13)16(14,12(3)4)20(17,18)19/h5-8,11-12,14H,9-10H2,1-4H3,(H,17,18,19). The zero-order valence-electron chi connectivity index (χ0n) is 12.6. The van der Waals surface area contributed by atoms with Crippen LogP contribution in [0.4, 0.5) is 0 Å². The summed E-state index contributed by atoms with van der Waals surface area (Å²) in [5.74, 6) is -0.0357. The van der Waals surface area contributed by atoms with Crippen LogP contribution in [0.25, 0.3) is 0 Å². The van der Waals surface area contributed by atoms with Crippen LogP contribution in [0, 0.1) is 17.8 Å². The molecule has 0 aromatic heterocycles. The predicted molar refractivity (Wildman–Crippen MR) is 81.2 cm³/mol. The van der Waals surface area contributed by atoms with Crippen LogP contribution in [0.1, 0.15) is 45.2 Å². The minimum absolute atomic E-state index is 0.0626. The molecule has 0 heterocycles. The van der Waals surface area contributed by atoms with E-state index in [4.69, 9.17) is 0 Å². The number of hydrogen-bond donors (Lipinski definition) is 1. The molecule has 2 unspecified atom stereocenters. The molecule has 112 valence electrons. The largest absolute Gasteiger partial charge is 0.285 e. The second-order valence-corrected chi connectivity index (χ2v) is 8.09. The van der Waals surface area contributed by atoms with Crippen molar-refractivity contribution in [1.82, 2.24) is 0 Å². The van der Waals surface area contributed by atoms with Crippen LogP contribution >= 0.6 is 0 Å². The molecule has 0 fully saturated rings. The fraction of sp³-hybridized carbons (Fsp3) is 0.625. The predicted octanol–water partition coefficient (Wildman–Crippen LogP) is 3.64. The summed E-state index contributed by atoms with van der Waals surface area (Å²) in [5.41, 5.74) is 1.85. The van der Waals surface area contributed by atoms with Crippen molar-refractivity contribution in [1.29, 1.82) is 0 Å². The van der Waals surface area contributed by atoms with Crippen molar-refractivity contribution in [2.75, 3.05) is 0 Å². The van der Waals surface area contributed by atoms with Gasteiger partial charge in [0.25, 0.3) is 10.1 Å². The molecular weight excluding hydrogens is 272 g/mol. The molecule has 20 heavy (non-hydrogen) atoms. The van der Waals surface area contributed by atoms with Crippen molar-refractivity contribution in [3.05, 3.63) is 35.4 Å². The maximum Gasteiger partial charge on any atom is 0.275 e. The zero-order chi connectivity index (χ0) is 15.1. The number of rotatable bonds is 3. The Hall–Kier alpha value is -0.870. The molecule has 1 aromatic carbocycles. The number of benzene rings is 1. The van der Waals surface area contributed by atoms with E-state index in [9.17, 15) is 13.0 Å². The lowest BCUT2D eigenvalue weighted by molar-refractivity contribution is 0.182. The van der Waals surface area contributed by atoms with Gasteiger partial charge >= 0.3 is 0 Å². The highest BCUT2D eigenvalue weighted by Crippen LogP contribution is 2.52. The van der Waals surface area contributed by atoms with Gasteiger partial charge in [0, 0.05) is 0 Å². The molecule has 2 rings (SSSR count). The molecule has 3 nitrogen and oxygen atoms in total. The van der Waals surface area contributed by atoms with E-state index in [1.165, 1.54) is 0 Å². The molecule has 0 amide bonds. The molecule has 1 aromatic rings.